The van der Waals surface area contributed by atoms with Crippen molar-refractivity contribution in [2.45, 2.75) is 83.7 Å². The Morgan fingerprint density at radius 1 is 1.09 bits per heavy atom. The van der Waals surface area contributed by atoms with Crippen molar-refractivity contribution in [3.8, 4) is 11.8 Å². The van der Waals surface area contributed by atoms with E-state index in [0.29, 0.717) is 17.9 Å². The quantitative estimate of drug-likeness (QED) is 0.287. The van der Waals surface area contributed by atoms with Crippen LogP contribution < -0.4 is 0 Å². The summed E-state index contributed by atoms with van der Waals surface area (Å²) in [5.41, 5.74) is 0. The lowest BCUT2D eigenvalue weighted by Crippen LogP contribution is -2.12. The second kappa shape index (κ2) is 16.2. The molecule has 134 valence electrons. The highest BCUT2D eigenvalue weighted by atomic mass is 32.2. The molecule has 0 amide bonds. The molecule has 0 saturated heterocycles. The summed E-state index contributed by atoms with van der Waals surface area (Å²) in [7, 11) is 0. The molecule has 4 nitrogen and oxygen atoms in total. The molecular formula is C18H32O4S. The Labute approximate surface area is 144 Å². The molecule has 0 fully saturated rings. The van der Waals surface area contributed by atoms with Crippen molar-refractivity contribution >= 4 is 17.1 Å². The zero-order chi connectivity index (χ0) is 17.3. The summed E-state index contributed by atoms with van der Waals surface area (Å²) in [6, 6.07) is 0. The average Bonchev–Trinajstić information content (AvgIpc) is 2.50. The van der Waals surface area contributed by atoms with Crippen LogP contribution in [-0.2, 0) is 16.0 Å². The van der Waals surface area contributed by atoms with Crippen molar-refractivity contribution in [2.24, 2.45) is 0 Å². The minimum atomic E-state index is -0.868. The maximum Gasteiger partial charge on any atom is 0.303 e. The number of aliphatic carboxylic acids is 1. The van der Waals surface area contributed by atoms with Gasteiger partial charge in [0.1, 0.15) is 17.6 Å². The van der Waals surface area contributed by atoms with Crippen molar-refractivity contribution < 1.29 is 19.6 Å². The van der Waals surface area contributed by atoms with Gasteiger partial charge in [0.25, 0.3) is 0 Å². The Kier molecular flexibility index (Phi) is 15.7. The van der Waals surface area contributed by atoms with E-state index >= 15 is 0 Å². The van der Waals surface area contributed by atoms with Gasteiger partial charge in [0.05, 0.1) is 0 Å². The van der Waals surface area contributed by atoms with Gasteiger partial charge in [-0.05, 0) is 25.7 Å². The number of aliphatic hydroxyl groups is 1. The maximum absolute atomic E-state index is 11.6. The molecular weight excluding hydrogens is 312 g/mol. The molecule has 0 aliphatic carbocycles. The molecule has 0 aliphatic heterocycles. The van der Waals surface area contributed by atoms with Gasteiger partial charge < -0.3 is 14.8 Å². The van der Waals surface area contributed by atoms with Crippen LogP contribution in [0.3, 0.4) is 0 Å². The number of carboxylic acid groups (broad SMARTS) is 1. The van der Waals surface area contributed by atoms with Crippen LogP contribution in [0.5, 0.6) is 0 Å². The van der Waals surface area contributed by atoms with Crippen molar-refractivity contribution in [1.29, 1.82) is 0 Å². The molecule has 2 atom stereocenters. The number of carboxylic acids is 1. The fourth-order valence-electron chi connectivity index (χ4n) is 2.15. The second-order valence-corrected chi connectivity index (χ2v) is 7.54. The summed E-state index contributed by atoms with van der Waals surface area (Å²) in [6.45, 7) is 2.10. The molecule has 0 heterocycles. The maximum atomic E-state index is 11.6. The SMILES string of the molecule is CCCCC(O)C#CCCCCCCC[S@@+]([O-])CCCC(=O)O. The third kappa shape index (κ3) is 17.5. The van der Waals surface area contributed by atoms with Crippen molar-refractivity contribution in [2.75, 3.05) is 11.5 Å². The summed E-state index contributed by atoms with van der Waals surface area (Å²) < 4.78 is 11.6. The average molecular weight is 345 g/mol. The van der Waals surface area contributed by atoms with Crippen molar-refractivity contribution in [1.82, 2.24) is 0 Å². The monoisotopic (exact) mass is 344 g/mol. The van der Waals surface area contributed by atoms with E-state index < -0.39 is 23.2 Å². The predicted octanol–water partition coefficient (Wildman–Crippen LogP) is 3.50. The summed E-state index contributed by atoms with van der Waals surface area (Å²) in [4.78, 5) is 10.3. The van der Waals surface area contributed by atoms with E-state index in [9.17, 15) is 14.5 Å². The number of unbranched alkanes of at least 4 members (excludes halogenated alkanes) is 6. The molecule has 5 heteroatoms. The van der Waals surface area contributed by atoms with Crippen LogP contribution in [-0.4, -0.2) is 38.3 Å². The lowest BCUT2D eigenvalue weighted by molar-refractivity contribution is -0.137. The molecule has 0 radical (unpaired) electrons. The number of hydrogen-bond donors (Lipinski definition) is 2. The second-order valence-electron chi connectivity index (χ2n) is 5.84. The van der Waals surface area contributed by atoms with E-state index in [1.807, 2.05) is 0 Å². The normalized spacial score (nSPS) is 13.2. The summed E-state index contributed by atoms with van der Waals surface area (Å²) in [5, 5.41) is 18.1. The van der Waals surface area contributed by atoms with E-state index in [1.165, 1.54) is 0 Å². The lowest BCUT2D eigenvalue weighted by atomic mass is 10.1. The fraction of sp³-hybridized carbons (Fsp3) is 0.833. The molecule has 0 rings (SSSR count). The van der Waals surface area contributed by atoms with Crippen molar-refractivity contribution in [3.63, 3.8) is 0 Å². The van der Waals surface area contributed by atoms with E-state index in [4.69, 9.17) is 5.11 Å². The Balaban J connectivity index is 3.36. The Morgan fingerprint density at radius 3 is 2.43 bits per heavy atom. The van der Waals surface area contributed by atoms with Crippen LogP contribution in [0.1, 0.15) is 77.6 Å². The van der Waals surface area contributed by atoms with Gasteiger partial charge in [0.2, 0.25) is 0 Å². The number of hydrogen-bond acceptors (Lipinski definition) is 3. The minimum Gasteiger partial charge on any atom is -0.616 e. The third-order valence-corrected chi connectivity index (χ3v) is 5.02. The van der Waals surface area contributed by atoms with Crippen LogP contribution in [0.25, 0.3) is 0 Å². The highest BCUT2D eigenvalue weighted by molar-refractivity contribution is 7.91. The van der Waals surface area contributed by atoms with Gasteiger partial charge in [-0.15, -0.1) is 5.92 Å². The van der Waals surface area contributed by atoms with E-state index in [-0.39, 0.29) is 6.42 Å². The molecule has 0 aromatic rings. The summed E-state index contributed by atoms with van der Waals surface area (Å²) in [5.74, 6) is 6.29. The summed E-state index contributed by atoms with van der Waals surface area (Å²) >= 11 is -0.868. The zero-order valence-corrected chi connectivity index (χ0v) is 15.2. The van der Waals surface area contributed by atoms with E-state index in [2.05, 4.69) is 18.8 Å². The smallest absolute Gasteiger partial charge is 0.303 e. The van der Waals surface area contributed by atoms with Gasteiger partial charge in [-0.2, -0.15) is 0 Å². The van der Waals surface area contributed by atoms with E-state index in [0.717, 1.165) is 57.8 Å². The van der Waals surface area contributed by atoms with Crippen LogP contribution in [0.4, 0.5) is 0 Å². The standard InChI is InChI=1S/C18H32O4S/c1-2-3-12-17(19)13-9-7-5-4-6-8-10-15-23(22)16-11-14-18(20)21/h17,19H,2-8,10-12,14-16H2,1H3,(H,20,21)/t17?,23-/m1/s1. The van der Waals surface area contributed by atoms with Crippen LogP contribution in [0.2, 0.25) is 0 Å². The van der Waals surface area contributed by atoms with Crippen LogP contribution >= 0.6 is 0 Å². The highest BCUT2D eigenvalue weighted by Crippen LogP contribution is 2.08. The van der Waals surface area contributed by atoms with Crippen LogP contribution in [0, 0.1) is 11.8 Å². The predicted molar refractivity (Wildman–Crippen MR) is 95.8 cm³/mol. The molecule has 0 bridgehead atoms. The van der Waals surface area contributed by atoms with Gasteiger partial charge in [-0.3, -0.25) is 4.79 Å². The van der Waals surface area contributed by atoms with Gasteiger partial charge in [-0.1, -0.05) is 49.7 Å². The third-order valence-electron chi connectivity index (χ3n) is 3.54. The van der Waals surface area contributed by atoms with Crippen LogP contribution in [0.15, 0.2) is 0 Å². The molecule has 0 aliphatic rings. The number of aliphatic hydroxyl groups excluding tert-OH is 1. The Morgan fingerprint density at radius 2 is 1.74 bits per heavy atom. The molecule has 1 unspecified atom stereocenters. The minimum absolute atomic E-state index is 0.111. The summed E-state index contributed by atoms with van der Waals surface area (Å²) in [6.07, 6.45) is 9.16. The van der Waals surface area contributed by atoms with Gasteiger partial charge in [0, 0.05) is 19.3 Å². The molecule has 2 N–H and O–H groups in total. The number of carbonyl (C=O) groups is 1. The molecule has 23 heavy (non-hydrogen) atoms. The molecule has 0 aromatic heterocycles. The molecule has 0 saturated carbocycles. The first-order valence-electron chi connectivity index (χ1n) is 8.79. The van der Waals surface area contributed by atoms with E-state index in [1.54, 1.807) is 0 Å². The highest BCUT2D eigenvalue weighted by Gasteiger charge is 2.07. The Hall–Kier alpha value is -0.700. The molecule has 0 spiro atoms. The largest absolute Gasteiger partial charge is 0.616 e. The van der Waals surface area contributed by atoms with Gasteiger partial charge in [-0.25, -0.2) is 0 Å². The first-order chi connectivity index (χ1) is 11.1. The zero-order valence-electron chi connectivity index (χ0n) is 14.4. The first kappa shape index (κ1) is 22.3. The topological polar surface area (TPSA) is 80.6 Å². The molecule has 0 aromatic carbocycles. The van der Waals surface area contributed by atoms with Crippen molar-refractivity contribution in [3.05, 3.63) is 0 Å². The van der Waals surface area contributed by atoms with Gasteiger partial charge >= 0.3 is 5.97 Å². The first-order valence-corrected chi connectivity index (χ1v) is 10.3. The lowest BCUT2D eigenvalue weighted by Gasteiger charge is -2.09. The fourth-order valence-corrected chi connectivity index (χ4v) is 3.35. The number of rotatable bonds is 14. The Bertz CT molecular complexity index is 349. The van der Waals surface area contributed by atoms with Gasteiger partial charge in [0.15, 0.2) is 0 Å².